The minimum atomic E-state index is -4.16. The van der Waals surface area contributed by atoms with Gasteiger partial charge in [-0.2, -0.15) is 0 Å². The van der Waals surface area contributed by atoms with Crippen LogP contribution in [0.4, 0.5) is 5.69 Å². The molecule has 1 aromatic heterocycles. The second-order valence-corrected chi connectivity index (χ2v) is 6.14. The molecule has 10 heteroatoms. The van der Waals surface area contributed by atoms with Crippen LogP contribution in [-0.2, 0) is 10.0 Å². The van der Waals surface area contributed by atoms with E-state index in [9.17, 15) is 18.0 Å². The van der Waals surface area contributed by atoms with E-state index in [1.54, 1.807) is 0 Å². The molecule has 0 bridgehead atoms. The summed E-state index contributed by atoms with van der Waals surface area (Å²) in [4.78, 5) is 25.6. The summed E-state index contributed by atoms with van der Waals surface area (Å²) in [7, 11) is -4.16. The van der Waals surface area contributed by atoms with Gasteiger partial charge in [-0.15, -0.1) is 0 Å². The van der Waals surface area contributed by atoms with E-state index in [0.29, 0.717) is 0 Å². The molecule has 0 aliphatic carbocycles. The van der Waals surface area contributed by atoms with E-state index in [1.165, 1.54) is 18.2 Å². The van der Waals surface area contributed by atoms with Gasteiger partial charge in [-0.3, -0.25) is 14.5 Å². The number of halogens is 2. The lowest BCUT2D eigenvalue weighted by molar-refractivity contribution is 0.599. The Balaban J connectivity index is 2.43. The summed E-state index contributed by atoms with van der Waals surface area (Å²) in [5.74, 6) is 0. The fourth-order valence-corrected chi connectivity index (χ4v) is 2.72. The molecule has 106 valence electrons. The van der Waals surface area contributed by atoms with E-state index < -0.39 is 26.2 Å². The van der Waals surface area contributed by atoms with Crippen molar-refractivity contribution in [2.75, 3.05) is 4.72 Å². The Morgan fingerprint density at radius 3 is 2.40 bits per heavy atom. The molecular weight excluding hydrogens is 329 g/mol. The summed E-state index contributed by atoms with van der Waals surface area (Å²) in [6, 6.07) is 4.08. The maximum atomic E-state index is 12.0. The van der Waals surface area contributed by atoms with Gasteiger partial charge in [-0.1, -0.05) is 23.2 Å². The van der Waals surface area contributed by atoms with Gasteiger partial charge in [0.25, 0.3) is 15.6 Å². The number of aromatic amines is 2. The molecule has 0 atom stereocenters. The van der Waals surface area contributed by atoms with Crippen LogP contribution in [0.25, 0.3) is 0 Å². The molecule has 1 heterocycles. The summed E-state index contributed by atoms with van der Waals surface area (Å²) in [6.45, 7) is 0. The second kappa shape index (κ2) is 5.31. The SMILES string of the molecule is O=c1[nH]cc(S(=O)(=O)Nc2ccc(Cl)c(Cl)c2)c(=O)[nH]1. The third-order valence-electron chi connectivity index (χ3n) is 2.25. The molecule has 0 fully saturated rings. The van der Waals surface area contributed by atoms with Gasteiger partial charge in [0.15, 0.2) is 4.90 Å². The van der Waals surface area contributed by atoms with Crippen LogP contribution in [0.5, 0.6) is 0 Å². The zero-order chi connectivity index (χ0) is 14.9. The fraction of sp³-hybridized carbons (Fsp3) is 0. The first kappa shape index (κ1) is 14.6. The first-order chi connectivity index (χ1) is 9.29. The van der Waals surface area contributed by atoms with Gasteiger partial charge < -0.3 is 4.98 Å². The molecule has 3 N–H and O–H groups in total. The quantitative estimate of drug-likeness (QED) is 0.781. The smallest absolute Gasteiger partial charge is 0.313 e. The molecule has 0 radical (unpaired) electrons. The number of H-pyrrole nitrogens is 2. The summed E-state index contributed by atoms with van der Waals surface area (Å²) in [5, 5.41) is 0.416. The third-order valence-corrected chi connectivity index (χ3v) is 4.37. The molecule has 7 nitrogen and oxygen atoms in total. The van der Waals surface area contributed by atoms with E-state index in [1.807, 2.05) is 4.98 Å². The molecule has 1 aromatic carbocycles. The summed E-state index contributed by atoms with van der Waals surface area (Å²) in [6.07, 6.45) is 0.807. The average molecular weight is 336 g/mol. The molecular formula is C10H7Cl2N3O4S. The number of aromatic nitrogens is 2. The Morgan fingerprint density at radius 2 is 1.80 bits per heavy atom. The largest absolute Gasteiger partial charge is 0.325 e. The van der Waals surface area contributed by atoms with Gasteiger partial charge in [-0.25, -0.2) is 13.2 Å². The summed E-state index contributed by atoms with van der Waals surface area (Å²) in [5.41, 5.74) is -1.70. The second-order valence-electron chi connectivity index (χ2n) is 3.67. The lowest BCUT2D eigenvalue weighted by atomic mass is 10.3. The predicted octanol–water partition coefficient (Wildman–Crippen LogP) is 1.17. The van der Waals surface area contributed by atoms with Crippen molar-refractivity contribution in [2.45, 2.75) is 4.90 Å². The molecule has 2 rings (SSSR count). The van der Waals surface area contributed by atoms with Crippen LogP contribution in [0.1, 0.15) is 0 Å². The van der Waals surface area contributed by atoms with Crippen LogP contribution in [0.2, 0.25) is 10.0 Å². The molecule has 0 unspecified atom stereocenters. The number of hydrogen-bond acceptors (Lipinski definition) is 4. The monoisotopic (exact) mass is 335 g/mol. The van der Waals surface area contributed by atoms with Crippen LogP contribution in [-0.4, -0.2) is 18.4 Å². The highest BCUT2D eigenvalue weighted by atomic mass is 35.5. The van der Waals surface area contributed by atoms with Gasteiger partial charge in [0.05, 0.1) is 15.7 Å². The van der Waals surface area contributed by atoms with Crippen molar-refractivity contribution in [2.24, 2.45) is 0 Å². The zero-order valence-electron chi connectivity index (χ0n) is 9.61. The number of anilines is 1. The number of nitrogens with one attached hydrogen (secondary N) is 3. The van der Waals surface area contributed by atoms with Crippen molar-refractivity contribution in [1.29, 1.82) is 0 Å². The Labute approximate surface area is 122 Å². The van der Waals surface area contributed by atoms with Crippen molar-refractivity contribution < 1.29 is 8.42 Å². The van der Waals surface area contributed by atoms with E-state index >= 15 is 0 Å². The normalized spacial score (nSPS) is 11.3. The molecule has 0 amide bonds. The van der Waals surface area contributed by atoms with E-state index in [2.05, 4.69) is 9.71 Å². The van der Waals surface area contributed by atoms with Crippen molar-refractivity contribution in [3.63, 3.8) is 0 Å². The van der Waals surface area contributed by atoms with Crippen LogP contribution in [0, 0.1) is 0 Å². The predicted molar refractivity (Wildman–Crippen MR) is 75.0 cm³/mol. The van der Waals surface area contributed by atoms with Gasteiger partial charge in [0.1, 0.15) is 0 Å². The van der Waals surface area contributed by atoms with Gasteiger partial charge in [0.2, 0.25) is 0 Å². The lowest BCUT2D eigenvalue weighted by Gasteiger charge is -2.07. The highest BCUT2D eigenvalue weighted by molar-refractivity contribution is 7.92. The summed E-state index contributed by atoms with van der Waals surface area (Å²) >= 11 is 11.5. The van der Waals surface area contributed by atoms with Crippen LogP contribution >= 0.6 is 23.2 Å². The molecule has 0 saturated carbocycles. The Bertz CT molecular complexity index is 873. The molecule has 0 aliphatic heterocycles. The maximum absolute atomic E-state index is 12.0. The average Bonchev–Trinajstić information content (AvgIpc) is 2.33. The summed E-state index contributed by atoms with van der Waals surface area (Å²) < 4.78 is 26.2. The Morgan fingerprint density at radius 1 is 1.10 bits per heavy atom. The molecule has 0 aliphatic rings. The number of rotatable bonds is 3. The van der Waals surface area contributed by atoms with Crippen molar-refractivity contribution in [1.82, 2.24) is 9.97 Å². The molecule has 2 aromatic rings. The minimum absolute atomic E-state index is 0.130. The van der Waals surface area contributed by atoms with Crippen molar-refractivity contribution >= 4 is 38.9 Å². The first-order valence-electron chi connectivity index (χ1n) is 5.09. The van der Waals surface area contributed by atoms with E-state index in [0.717, 1.165) is 6.20 Å². The number of hydrogen-bond donors (Lipinski definition) is 3. The van der Waals surface area contributed by atoms with Crippen molar-refractivity contribution in [3.8, 4) is 0 Å². The highest BCUT2D eigenvalue weighted by Crippen LogP contribution is 2.25. The van der Waals surface area contributed by atoms with Gasteiger partial charge in [0, 0.05) is 6.20 Å². The standard InChI is InChI=1S/C10H7Cl2N3O4S/c11-6-2-1-5(3-7(6)12)15-20(18,19)8-4-13-10(17)14-9(8)16/h1-4,15H,(H2,13,14,16,17). The van der Waals surface area contributed by atoms with Crippen LogP contribution < -0.4 is 16.0 Å². The number of benzene rings is 1. The topological polar surface area (TPSA) is 112 Å². The molecule has 0 saturated heterocycles. The van der Waals surface area contributed by atoms with E-state index in [4.69, 9.17) is 23.2 Å². The molecule has 0 spiro atoms. The fourth-order valence-electron chi connectivity index (χ4n) is 1.37. The highest BCUT2D eigenvalue weighted by Gasteiger charge is 2.19. The van der Waals surface area contributed by atoms with E-state index in [-0.39, 0.29) is 15.7 Å². The Hall–Kier alpha value is -1.77. The van der Waals surface area contributed by atoms with Gasteiger partial charge in [-0.05, 0) is 18.2 Å². The minimum Gasteiger partial charge on any atom is -0.313 e. The zero-order valence-corrected chi connectivity index (χ0v) is 11.9. The first-order valence-corrected chi connectivity index (χ1v) is 7.33. The Kier molecular flexibility index (Phi) is 3.89. The maximum Gasteiger partial charge on any atom is 0.325 e. The lowest BCUT2D eigenvalue weighted by Crippen LogP contribution is -2.29. The van der Waals surface area contributed by atoms with Crippen LogP contribution in [0.3, 0.4) is 0 Å². The molecule has 20 heavy (non-hydrogen) atoms. The van der Waals surface area contributed by atoms with Crippen LogP contribution in [0.15, 0.2) is 38.9 Å². The number of sulfonamides is 1. The third kappa shape index (κ3) is 3.03. The van der Waals surface area contributed by atoms with Gasteiger partial charge >= 0.3 is 5.69 Å². The van der Waals surface area contributed by atoms with Crippen molar-refractivity contribution in [3.05, 3.63) is 55.3 Å².